The first-order valence-electron chi connectivity index (χ1n) is 5.24. The van der Waals surface area contributed by atoms with Crippen LogP contribution in [-0.4, -0.2) is 14.7 Å². The van der Waals surface area contributed by atoms with Crippen molar-refractivity contribution >= 4 is 27.9 Å². The highest BCUT2D eigenvalue weighted by Crippen LogP contribution is 2.28. The van der Waals surface area contributed by atoms with Crippen molar-refractivity contribution in [2.75, 3.05) is 12.0 Å². The summed E-state index contributed by atoms with van der Waals surface area (Å²) in [6, 6.07) is 10.7. The highest BCUT2D eigenvalue weighted by Gasteiger charge is 2.14. The van der Waals surface area contributed by atoms with E-state index in [1.807, 2.05) is 0 Å². The molecule has 0 heterocycles. The van der Waals surface area contributed by atoms with Crippen LogP contribution in [0.1, 0.15) is 0 Å². The minimum absolute atomic E-state index is 0. The number of anilines is 1. The normalized spacial score (nSPS) is 10.8. The first-order chi connectivity index (χ1) is 8.39. The fourth-order valence-electron chi connectivity index (χ4n) is 1.72. The second-order valence-electron chi connectivity index (χ2n) is 4.00. The van der Waals surface area contributed by atoms with Crippen LogP contribution >= 0.6 is 12.4 Å². The van der Waals surface area contributed by atoms with Gasteiger partial charge in [0.1, 0.15) is 5.82 Å². The van der Waals surface area contributed by atoms with Gasteiger partial charge in [0, 0.05) is 11.8 Å². The SMILES string of the molecule is CS(=O)(=O)c1ccccc1-c1ccc(N)c(F)c1.Cl. The predicted molar refractivity (Wildman–Crippen MR) is 76.6 cm³/mol. The Balaban J connectivity index is 0.00000180. The number of nitrogens with two attached hydrogens (primary N) is 1. The minimum Gasteiger partial charge on any atom is -0.396 e. The van der Waals surface area contributed by atoms with Crippen molar-refractivity contribution in [3.8, 4) is 11.1 Å². The van der Waals surface area contributed by atoms with Gasteiger partial charge in [0.2, 0.25) is 0 Å². The van der Waals surface area contributed by atoms with Gasteiger partial charge in [0.05, 0.1) is 10.6 Å². The molecule has 2 aromatic rings. The lowest BCUT2D eigenvalue weighted by atomic mass is 10.1. The Hall–Kier alpha value is -1.59. The van der Waals surface area contributed by atoms with Gasteiger partial charge in [0.15, 0.2) is 9.84 Å². The number of sulfone groups is 1. The summed E-state index contributed by atoms with van der Waals surface area (Å²) in [7, 11) is -3.36. The molecule has 0 fully saturated rings. The molecule has 0 bridgehead atoms. The fraction of sp³-hybridized carbons (Fsp3) is 0.0769. The topological polar surface area (TPSA) is 60.2 Å². The van der Waals surface area contributed by atoms with Crippen LogP contribution in [0.3, 0.4) is 0 Å². The third-order valence-electron chi connectivity index (χ3n) is 2.60. The van der Waals surface area contributed by atoms with Crippen LogP contribution in [0.15, 0.2) is 47.4 Å². The smallest absolute Gasteiger partial charge is 0.176 e. The molecule has 0 saturated heterocycles. The minimum atomic E-state index is -3.36. The molecule has 6 heteroatoms. The first kappa shape index (κ1) is 15.5. The van der Waals surface area contributed by atoms with Crippen molar-refractivity contribution in [2.24, 2.45) is 0 Å². The highest BCUT2D eigenvalue weighted by molar-refractivity contribution is 7.90. The second-order valence-corrected chi connectivity index (χ2v) is 5.99. The van der Waals surface area contributed by atoms with Crippen molar-refractivity contribution in [2.45, 2.75) is 4.90 Å². The standard InChI is InChI=1S/C13H12FNO2S.ClH/c1-18(16,17)13-5-3-2-4-10(13)9-6-7-12(15)11(14)8-9;/h2-8H,15H2,1H3;1H. The average molecular weight is 302 g/mol. The molecular formula is C13H13ClFNO2S. The lowest BCUT2D eigenvalue weighted by molar-refractivity contribution is 0.602. The van der Waals surface area contributed by atoms with Crippen LogP contribution < -0.4 is 5.73 Å². The van der Waals surface area contributed by atoms with Crippen LogP contribution in [0.25, 0.3) is 11.1 Å². The molecule has 19 heavy (non-hydrogen) atoms. The fourth-order valence-corrected chi connectivity index (χ4v) is 2.63. The van der Waals surface area contributed by atoms with Crippen LogP contribution in [0.4, 0.5) is 10.1 Å². The quantitative estimate of drug-likeness (QED) is 0.868. The molecule has 0 aliphatic carbocycles. The van der Waals surface area contributed by atoms with E-state index < -0.39 is 15.7 Å². The third kappa shape index (κ3) is 3.24. The van der Waals surface area contributed by atoms with Gasteiger partial charge in [-0.1, -0.05) is 24.3 Å². The maximum Gasteiger partial charge on any atom is 0.176 e. The molecule has 0 atom stereocenters. The molecule has 0 amide bonds. The lowest BCUT2D eigenvalue weighted by Crippen LogP contribution is -2.00. The van der Waals surface area contributed by atoms with E-state index in [1.54, 1.807) is 24.3 Å². The molecule has 0 spiro atoms. The molecule has 3 nitrogen and oxygen atoms in total. The van der Waals surface area contributed by atoms with E-state index in [0.29, 0.717) is 11.1 Å². The summed E-state index contributed by atoms with van der Waals surface area (Å²) in [5.41, 5.74) is 6.39. The molecule has 2 aromatic carbocycles. The van der Waals surface area contributed by atoms with E-state index in [-0.39, 0.29) is 23.0 Å². The van der Waals surface area contributed by atoms with Crippen LogP contribution in [0.5, 0.6) is 0 Å². The summed E-state index contributed by atoms with van der Waals surface area (Å²) in [6.45, 7) is 0. The summed E-state index contributed by atoms with van der Waals surface area (Å²) in [5, 5.41) is 0. The Morgan fingerprint density at radius 2 is 1.74 bits per heavy atom. The summed E-state index contributed by atoms with van der Waals surface area (Å²) >= 11 is 0. The summed E-state index contributed by atoms with van der Waals surface area (Å²) < 4.78 is 36.7. The Bertz CT molecular complexity index is 702. The van der Waals surface area contributed by atoms with Crippen molar-refractivity contribution in [3.05, 3.63) is 48.3 Å². The Morgan fingerprint density at radius 3 is 2.32 bits per heavy atom. The molecular weight excluding hydrogens is 289 g/mol. The largest absolute Gasteiger partial charge is 0.396 e. The molecule has 2 N–H and O–H groups in total. The summed E-state index contributed by atoms with van der Waals surface area (Å²) in [4.78, 5) is 0.175. The van der Waals surface area contributed by atoms with Gasteiger partial charge in [0.25, 0.3) is 0 Å². The zero-order valence-corrected chi connectivity index (χ0v) is 11.8. The molecule has 0 aliphatic rings. The van der Waals surface area contributed by atoms with Crippen molar-refractivity contribution in [3.63, 3.8) is 0 Å². The molecule has 0 saturated carbocycles. The van der Waals surface area contributed by atoms with E-state index in [4.69, 9.17) is 5.73 Å². The number of rotatable bonds is 2. The molecule has 0 unspecified atom stereocenters. The number of hydrogen-bond donors (Lipinski definition) is 1. The number of halogens is 2. The Kier molecular flexibility index (Phi) is 4.55. The van der Waals surface area contributed by atoms with Gasteiger partial charge in [-0.25, -0.2) is 12.8 Å². The summed E-state index contributed by atoms with van der Waals surface area (Å²) in [6.07, 6.45) is 1.12. The molecule has 102 valence electrons. The third-order valence-corrected chi connectivity index (χ3v) is 3.75. The van der Waals surface area contributed by atoms with E-state index in [1.165, 1.54) is 18.2 Å². The molecule has 0 radical (unpaired) electrons. The van der Waals surface area contributed by atoms with E-state index in [9.17, 15) is 12.8 Å². The van der Waals surface area contributed by atoms with Gasteiger partial charge >= 0.3 is 0 Å². The molecule has 0 aromatic heterocycles. The van der Waals surface area contributed by atoms with Gasteiger partial charge in [-0.15, -0.1) is 12.4 Å². The second kappa shape index (κ2) is 5.59. The van der Waals surface area contributed by atoms with Crippen molar-refractivity contribution in [1.29, 1.82) is 0 Å². The maximum absolute atomic E-state index is 13.4. The van der Waals surface area contributed by atoms with Crippen LogP contribution in [0, 0.1) is 5.82 Å². The van der Waals surface area contributed by atoms with Crippen LogP contribution in [0.2, 0.25) is 0 Å². The van der Waals surface area contributed by atoms with Crippen molar-refractivity contribution < 1.29 is 12.8 Å². The van der Waals surface area contributed by atoms with E-state index in [0.717, 1.165) is 6.26 Å². The lowest BCUT2D eigenvalue weighted by Gasteiger charge is -2.08. The summed E-state index contributed by atoms with van der Waals surface area (Å²) in [5.74, 6) is -0.559. The van der Waals surface area contributed by atoms with E-state index in [2.05, 4.69) is 0 Å². The van der Waals surface area contributed by atoms with Gasteiger partial charge in [-0.05, 0) is 23.8 Å². The maximum atomic E-state index is 13.4. The van der Waals surface area contributed by atoms with Crippen molar-refractivity contribution in [1.82, 2.24) is 0 Å². The number of benzene rings is 2. The van der Waals surface area contributed by atoms with E-state index >= 15 is 0 Å². The van der Waals surface area contributed by atoms with Gasteiger partial charge in [-0.3, -0.25) is 0 Å². The van der Waals surface area contributed by atoms with Crippen LogP contribution in [-0.2, 0) is 9.84 Å². The number of nitrogen functional groups attached to an aromatic ring is 1. The average Bonchev–Trinajstić information content (AvgIpc) is 2.32. The Labute approximate surface area is 117 Å². The monoisotopic (exact) mass is 301 g/mol. The van der Waals surface area contributed by atoms with Gasteiger partial charge < -0.3 is 5.73 Å². The molecule has 0 aliphatic heterocycles. The zero-order chi connectivity index (χ0) is 13.3. The zero-order valence-electron chi connectivity index (χ0n) is 10.1. The van der Waals surface area contributed by atoms with Gasteiger partial charge in [-0.2, -0.15) is 0 Å². The number of hydrogen-bond acceptors (Lipinski definition) is 3. The Morgan fingerprint density at radius 1 is 1.11 bits per heavy atom. The highest BCUT2D eigenvalue weighted by atomic mass is 35.5. The molecule has 2 rings (SSSR count). The first-order valence-corrected chi connectivity index (χ1v) is 7.13. The predicted octanol–water partition coefficient (Wildman–Crippen LogP) is 2.90.